The average molecular weight is 451 g/mol. The van der Waals surface area contributed by atoms with Crippen molar-refractivity contribution in [3.63, 3.8) is 0 Å². The maximum absolute atomic E-state index is 12.9. The van der Waals surface area contributed by atoms with Gasteiger partial charge in [0.25, 0.3) is 11.6 Å². The summed E-state index contributed by atoms with van der Waals surface area (Å²) < 4.78 is 29.3. The number of carbonyl (C=O) groups is 2. The zero-order chi connectivity index (χ0) is 23.3. The van der Waals surface area contributed by atoms with E-state index in [1.807, 2.05) is 0 Å². The molecule has 1 aromatic rings. The zero-order valence-electron chi connectivity index (χ0n) is 18.0. The highest BCUT2D eigenvalue weighted by atomic mass is 16.9. The minimum atomic E-state index is -1.09. The second-order valence-corrected chi connectivity index (χ2v) is 8.66. The van der Waals surface area contributed by atoms with Crippen molar-refractivity contribution in [2.75, 3.05) is 11.9 Å². The molecule has 3 aliphatic heterocycles. The number of nitrogens with one attached hydrogen (secondary N) is 2. The fraction of sp³-hybridized carbons (Fsp3) is 0.600. The molecular weight excluding hydrogens is 426 g/mol. The number of amides is 2. The van der Waals surface area contributed by atoms with Crippen molar-refractivity contribution >= 4 is 23.2 Å². The number of rotatable bonds is 5. The smallest absolute Gasteiger partial charge is 0.271 e. The Morgan fingerprint density at radius 3 is 2.41 bits per heavy atom. The number of hydrogen-bond acceptors (Lipinski definition) is 9. The first-order valence-corrected chi connectivity index (χ1v) is 10.1. The third-order valence-electron chi connectivity index (χ3n) is 5.18. The van der Waals surface area contributed by atoms with E-state index in [0.717, 1.165) is 0 Å². The van der Waals surface area contributed by atoms with Gasteiger partial charge in [-0.05, 0) is 33.8 Å². The number of nitro benzene ring substituents is 1. The van der Waals surface area contributed by atoms with E-state index in [1.165, 1.54) is 24.3 Å². The van der Waals surface area contributed by atoms with E-state index in [9.17, 15) is 19.7 Å². The van der Waals surface area contributed by atoms with E-state index < -0.39 is 59.0 Å². The van der Waals surface area contributed by atoms with Crippen LogP contribution in [0.4, 0.5) is 11.4 Å². The van der Waals surface area contributed by atoms with Crippen LogP contribution in [0.3, 0.4) is 0 Å². The molecule has 3 heterocycles. The lowest BCUT2D eigenvalue weighted by atomic mass is 9.98. The summed E-state index contributed by atoms with van der Waals surface area (Å²) >= 11 is 0. The molecule has 0 unspecified atom stereocenters. The number of carbonyl (C=O) groups excluding carboxylic acids is 2. The quantitative estimate of drug-likeness (QED) is 0.495. The topological polar surface area (TPSA) is 147 Å². The van der Waals surface area contributed by atoms with Crippen molar-refractivity contribution in [3.05, 3.63) is 34.4 Å². The fourth-order valence-electron chi connectivity index (χ4n) is 3.99. The molecule has 3 fully saturated rings. The normalized spacial score (nSPS) is 31.9. The predicted molar refractivity (Wildman–Crippen MR) is 107 cm³/mol. The van der Waals surface area contributed by atoms with E-state index in [4.69, 9.17) is 23.7 Å². The lowest BCUT2D eigenvalue weighted by Gasteiger charge is -2.36. The van der Waals surface area contributed by atoms with Crippen LogP contribution in [0.1, 0.15) is 27.7 Å². The van der Waals surface area contributed by atoms with Gasteiger partial charge in [-0.25, -0.2) is 0 Å². The molecule has 0 aliphatic carbocycles. The van der Waals surface area contributed by atoms with E-state index in [-0.39, 0.29) is 17.9 Å². The van der Waals surface area contributed by atoms with Gasteiger partial charge in [-0.15, -0.1) is 0 Å². The minimum Gasteiger partial charge on any atom is -0.345 e. The number of non-ortho nitro benzene ring substituents is 1. The van der Waals surface area contributed by atoms with Gasteiger partial charge in [0.2, 0.25) is 5.91 Å². The maximum atomic E-state index is 12.9. The van der Waals surface area contributed by atoms with Crippen LogP contribution in [0.5, 0.6) is 0 Å². The third-order valence-corrected chi connectivity index (χ3v) is 5.18. The SMILES string of the molecule is CC1(C)O[C@H]2[C@@H](O1)[C@H](C(=O)NCC(=O)Nc1cccc([N+](=O)[O-])c1)O[C@H]1OC(C)(C)O[C@@H]12. The van der Waals surface area contributed by atoms with Crippen molar-refractivity contribution in [2.24, 2.45) is 0 Å². The Labute approximate surface area is 183 Å². The molecule has 0 radical (unpaired) electrons. The largest absolute Gasteiger partial charge is 0.345 e. The van der Waals surface area contributed by atoms with Crippen LogP contribution in [0, 0.1) is 10.1 Å². The van der Waals surface area contributed by atoms with Gasteiger partial charge in [0, 0.05) is 17.8 Å². The molecule has 174 valence electrons. The molecule has 0 saturated carbocycles. The van der Waals surface area contributed by atoms with Crippen LogP contribution in [0.25, 0.3) is 0 Å². The Bertz CT molecular complexity index is 935. The Balaban J connectivity index is 1.40. The summed E-state index contributed by atoms with van der Waals surface area (Å²) in [5, 5.41) is 15.9. The van der Waals surface area contributed by atoms with Crippen LogP contribution >= 0.6 is 0 Å². The molecule has 2 amide bonds. The van der Waals surface area contributed by atoms with Crippen LogP contribution in [-0.4, -0.2) is 65.6 Å². The van der Waals surface area contributed by atoms with E-state index in [2.05, 4.69) is 10.6 Å². The van der Waals surface area contributed by atoms with Crippen molar-refractivity contribution in [3.8, 4) is 0 Å². The third kappa shape index (κ3) is 4.59. The summed E-state index contributed by atoms with van der Waals surface area (Å²) in [6, 6.07) is 5.48. The fourth-order valence-corrected chi connectivity index (χ4v) is 3.99. The summed E-state index contributed by atoms with van der Waals surface area (Å²) in [6.45, 7) is 6.54. The van der Waals surface area contributed by atoms with Gasteiger partial charge in [-0.3, -0.25) is 19.7 Å². The summed E-state index contributed by atoms with van der Waals surface area (Å²) in [4.78, 5) is 35.4. The number of ether oxygens (including phenoxy) is 5. The standard InChI is InChI=1S/C20H25N3O9/c1-19(2)29-13-14(30-19)16-18(32-20(3,4)31-16)28-15(13)17(25)21-9-12(24)22-10-6-5-7-11(8-10)23(26)27/h5-8,13-16,18H,9H2,1-4H3,(H,21,25)(H,22,24)/t13-,14+,15-,16-,18+/m1/s1. The van der Waals surface area contributed by atoms with Crippen molar-refractivity contribution in [1.29, 1.82) is 0 Å². The molecule has 5 atom stereocenters. The first-order valence-electron chi connectivity index (χ1n) is 10.1. The second kappa shape index (κ2) is 8.05. The monoisotopic (exact) mass is 451 g/mol. The van der Waals surface area contributed by atoms with Gasteiger partial charge in [-0.2, -0.15) is 0 Å². The Hall–Kier alpha value is -2.64. The van der Waals surface area contributed by atoms with E-state index in [1.54, 1.807) is 27.7 Å². The van der Waals surface area contributed by atoms with Gasteiger partial charge in [-0.1, -0.05) is 6.07 Å². The average Bonchev–Trinajstić information content (AvgIpc) is 3.19. The maximum Gasteiger partial charge on any atom is 0.271 e. The molecule has 0 bridgehead atoms. The number of nitrogens with zero attached hydrogens (tertiary/aromatic N) is 1. The van der Waals surface area contributed by atoms with E-state index >= 15 is 0 Å². The lowest BCUT2D eigenvalue weighted by molar-refractivity contribution is -0.384. The molecule has 12 nitrogen and oxygen atoms in total. The molecule has 3 saturated heterocycles. The van der Waals surface area contributed by atoms with Gasteiger partial charge >= 0.3 is 0 Å². The number of anilines is 1. The molecule has 0 spiro atoms. The highest BCUT2D eigenvalue weighted by molar-refractivity contribution is 5.95. The van der Waals surface area contributed by atoms with Gasteiger partial charge < -0.3 is 34.3 Å². The number of fused-ring (bicyclic) bond motifs is 3. The molecule has 2 N–H and O–H groups in total. The number of nitro groups is 1. The molecular formula is C20H25N3O9. The first kappa shape index (κ1) is 22.6. The van der Waals surface area contributed by atoms with E-state index in [0.29, 0.717) is 0 Å². The van der Waals surface area contributed by atoms with Gasteiger partial charge in [0.05, 0.1) is 11.5 Å². The van der Waals surface area contributed by atoms with Gasteiger partial charge in [0.1, 0.15) is 18.3 Å². The molecule has 4 rings (SSSR count). The molecule has 12 heteroatoms. The van der Waals surface area contributed by atoms with Crippen molar-refractivity contribution in [2.45, 2.75) is 70.0 Å². The lowest BCUT2D eigenvalue weighted by Crippen LogP contribution is -2.59. The highest BCUT2D eigenvalue weighted by Crippen LogP contribution is 2.44. The van der Waals surface area contributed by atoms with Crippen molar-refractivity contribution < 1.29 is 38.2 Å². The van der Waals surface area contributed by atoms with Gasteiger partial charge in [0.15, 0.2) is 24.0 Å². The predicted octanol–water partition coefficient (Wildman–Crippen LogP) is 1.05. The Morgan fingerprint density at radius 2 is 1.69 bits per heavy atom. The highest BCUT2D eigenvalue weighted by Gasteiger charge is 2.62. The Kier molecular flexibility index (Phi) is 5.67. The molecule has 1 aromatic carbocycles. The molecule has 32 heavy (non-hydrogen) atoms. The second-order valence-electron chi connectivity index (χ2n) is 8.66. The van der Waals surface area contributed by atoms with Crippen LogP contribution in [0.2, 0.25) is 0 Å². The zero-order valence-corrected chi connectivity index (χ0v) is 18.0. The van der Waals surface area contributed by atoms with Crippen LogP contribution < -0.4 is 10.6 Å². The summed E-state index contributed by atoms with van der Waals surface area (Å²) in [7, 11) is 0. The Morgan fingerprint density at radius 1 is 1.03 bits per heavy atom. The molecule has 3 aliphatic rings. The van der Waals surface area contributed by atoms with Crippen LogP contribution in [-0.2, 0) is 33.3 Å². The van der Waals surface area contributed by atoms with Crippen LogP contribution in [0.15, 0.2) is 24.3 Å². The summed E-state index contributed by atoms with van der Waals surface area (Å²) in [5.41, 5.74) is 0.0778. The minimum absolute atomic E-state index is 0.161. The summed E-state index contributed by atoms with van der Waals surface area (Å²) in [5.74, 6) is -3.02. The van der Waals surface area contributed by atoms with Crippen molar-refractivity contribution in [1.82, 2.24) is 5.32 Å². The molecule has 0 aromatic heterocycles. The number of benzene rings is 1. The summed E-state index contributed by atoms with van der Waals surface area (Å²) in [6.07, 6.45) is -3.86. The first-order chi connectivity index (χ1) is 14.9. The number of hydrogen-bond donors (Lipinski definition) is 2.